The van der Waals surface area contributed by atoms with Crippen LogP contribution in [0.1, 0.15) is 18.9 Å². The van der Waals surface area contributed by atoms with Gasteiger partial charge in [-0.3, -0.25) is 19.2 Å². The minimum absolute atomic E-state index is 0.0234. The molecule has 0 aliphatic rings. The molecule has 1 heterocycles. The molecule has 1 aromatic carbocycles. The Kier molecular flexibility index (Phi) is 9.45. The highest BCUT2D eigenvalue weighted by atomic mass is 32.1. The number of rotatable bonds is 12. The maximum Gasteiger partial charge on any atom is 0.326 e. The van der Waals surface area contributed by atoms with E-state index in [2.05, 4.69) is 33.6 Å². The van der Waals surface area contributed by atoms with Crippen molar-refractivity contribution in [2.75, 3.05) is 5.75 Å². The van der Waals surface area contributed by atoms with E-state index in [0.29, 0.717) is 5.56 Å². The van der Waals surface area contributed by atoms with Gasteiger partial charge in [-0.1, -0.05) is 18.2 Å². The third-order valence-corrected chi connectivity index (χ3v) is 5.32. The summed E-state index contributed by atoms with van der Waals surface area (Å²) in [5.74, 6) is -5.38. The lowest BCUT2D eigenvalue weighted by Crippen LogP contribution is -2.58. The second-order valence-corrected chi connectivity index (χ2v) is 8.02. The van der Waals surface area contributed by atoms with Crippen LogP contribution >= 0.6 is 12.6 Å². The predicted molar refractivity (Wildman–Crippen MR) is 125 cm³/mol. The van der Waals surface area contributed by atoms with Crippen molar-refractivity contribution in [3.63, 3.8) is 0 Å². The van der Waals surface area contributed by atoms with Gasteiger partial charge in [-0.05, 0) is 18.6 Å². The van der Waals surface area contributed by atoms with Crippen molar-refractivity contribution < 1.29 is 34.2 Å². The van der Waals surface area contributed by atoms with Crippen molar-refractivity contribution in [3.05, 3.63) is 36.0 Å². The van der Waals surface area contributed by atoms with Gasteiger partial charge in [0.2, 0.25) is 17.7 Å². The van der Waals surface area contributed by atoms with Crippen LogP contribution in [0.15, 0.2) is 30.5 Å². The average molecular weight is 494 g/mol. The molecule has 0 saturated carbocycles. The number of hydrogen-bond donors (Lipinski definition) is 8. The standard InChI is InChI=1S/C21H27N5O7S/c1-10(22)18(29)24-14(7-17(27)28)19(30)26-16(9-34)20(31)25-15(21(32)33)6-11-8-23-13-5-3-2-4-12(11)13/h2-5,8,10,14-16,23,34H,6-7,9,22H2,1H3,(H,24,29)(H,25,31)(H,26,30)(H,27,28)(H,32,33). The van der Waals surface area contributed by atoms with Gasteiger partial charge in [0.05, 0.1) is 12.5 Å². The fourth-order valence-electron chi connectivity index (χ4n) is 3.15. The van der Waals surface area contributed by atoms with E-state index in [0.717, 1.165) is 10.9 Å². The zero-order chi connectivity index (χ0) is 25.4. The number of benzene rings is 1. The fraction of sp³-hybridized carbons (Fsp3) is 0.381. The van der Waals surface area contributed by atoms with Gasteiger partial charge in [-0.15, -0.1) is 0 Å². The van der Waals surface area contributed by atoms with Gasteiger partial charge in [0.25, 0.3) is 0 Å². The van der Waals surface area contributed by atoms with Crippen molar-refractivity contribution in [3.8, 4) is 0 Å². The van der Waals surface area contributed by atoms with Crippen molar-refractivity contribution in [1.29, 1.82) is 0 Å². The number of nitrogens with two attached hydrogens (primary N) is 1. The Morgan fingerprint density at radius 1 is 0.971 bits per heavy atom. The molecule has 1 aromatic heterocycles. The number of carboxylic acids is 2. The number of amides is 3. The van der Waals surface area contributed by atoms with Gasteiger partial charge in [-0.2, -0.15) is 12.6 Å². The lowest BCUT2D eigenvalue weighted by atomic mass is 10.0. The number of hydrogen-bond acceptors (Lipinski definition) is 7. The number of carbonyl (C=O) groups is 5. The maximum absolute atomic E-state index is 12.7. The number of aliphatic carboxylic acids is 2. The van der Waals surface area contributed by atoms with E-state index in [1.54, 1.807) is 12.3 Å². The molecule has 4 atom stereocenters. The monoisotopic (exact) mass is 493 g/mol. The van der Waals surface area contributed by atoms with Crippen LogP contribution in [0, 0.1) is 0 Å². The number of aromatic nitrogens is 1. The minimum atomic E-state index is -1.49. The van der Waals surface area contributed by atoms with E-state index in [1.807, 2.05) is 18.2 Å². The van der Waals surface area contributed by atoms with E-state index in [9.17, 15) is 29.1 Å². The lowest BCUT2D eigenvalue weighted by Gasteiger charge is -2.23. The number of carboxylic acid groups (broad SMARTS) is 2. The third kappa shape index (κ3) is 7.22. The molecule has 0 fully saturated rings. The molecule has 0 radical (unpaired) electrons. The van der Waals surface area contributed by atoms with Crippen LogP contribution in [0.2, 0.25) is 0 Å². The molecule has 34 heavy (non-hydrogen) atoms. The number of thiol groups is 1. The molecule has 0 spiro atoms. The zero-order valence-electron chi connectivity index (χ0n) is 18.3. The molecule has 13 heteroatoms. The van der Waals surface area contributed by atoms with Crippen LogP contribution in [0.5, 0.6) is 0 Å². The van der Waals surface area contributed by atoms with E-state index in [4.69, 9.17) is 10.8 Å². The second kappa shape index (κ2) is 12.0. The Balaban J connectivity index is 2.10. The highest BCUT2D eigenvalue weighted by Crippen LogP contribution is 2.19. The summed E-state index contributed by atoms with van der Waals surface area (Å²) < 4.78 is 0. The van der Waals surface area contributed by atoms with Gasteiger partial charge in [0, 0.05) is 29.3 Å². The largest absolute Gasteiger partial charge is 0.481 e. The summed E-state index contributed by atoms with van der Waals surface area (Å²) in [6.45, 7) is 1.36. The Bertz CT molecular complexity index is 1070. The van der Waals surface area contributed by atoms with E-state index in [1.165, 1.54) is 6.92 Å². The van der Waals surface area contributed by atoms with Crippen LogP contribution in [0.25, 0.3) is 10.9 Å². The molecule has 0 aliphatic heterocycles. The summed E-state index contributed by atoms with van der Waals surface area (Å²) in [6, 6.07) is 2.20. The maximum atomic E-state index is 12.7. The molecule has 0 aliphatic carbocycles. The Labute approximate surface area is 200 Å². The van der Waals surface area contributed by atoms with Gasteiger partial charge in [-0.25, -0.2) is 4.79 Å². The Morgan fingerprint density at radius 2 is 1.56 bits per heavy atom. The van der Waals surface area contributed by atoms with Gasteiger partial charge in [0.1, 0.15) is 18.1 Å². The average Bonchev–Trinajstić information content (AvgIpc) is 3.18. The Hall–Kier alpha value is -3.58. The van der Waals surface area contributed by atoms with Crippen LogP contribution in [-0.4, -0.2) is 74.8 Å². The first kappa shape index (κ1) is 26.7. The minimum Gasteiger partial charge on any atom is -0.481 e. The first-order valence-electron chi connectivity index (χ1n) is 10.3. The smallest absolute Gasteiger partial charge is 0.326 e. The highest BCUT2D eigenvalue weighted by molar-refractivity contribution is 7.80. The molecule has 0 saturated heterocycles. The van der Waals surface area contributed by atoms with Crippen LogP contribution < -0.4 is 21.7 Å². The normalized spacial score (nSPS) is 14.4. The first-order valence-corrected chi connectivity index (χ1v) is 10.9. The first-order chi connectivity index (χ1) is 16.0. The van der Waals surface area contributed by atoms with Crippen molar-refractivity contribution >= 4 is 53.2 Å². The van der Waals surface area contributed by atoms with Gasteiger partial charge >= 0.3 is 11.9 Å². The van der Waals surface area contributed by atoms with Crippen molar-refractivity contribution in [2.45, 2.75) is 43.9 Å². The van der Waals surface area contributed by atoms with Gasteiger partial charge < -0.3 is 36.9 Å². The summed E-state index contributed by atoms with van der Waals surface area (Å²) in [5.41, 5.74) is 6.93. The topological polar surface area (TPSA) is 204 Å². The molecular formula is C21H27N5O7S. The zero-order valence-corrected chi connectivity index (χ0v) is 19.2. The van der Waals surface area contributed by atoms with Crippen molar-refractivity contribution in [2.24, 2.45) is 5.73 Å². The molecule has 184 valence electrons. The van der Waals surface area contributed by atoms with E-state index < -0.39 is 60.2 Å². The molecule has 4 unspecified atom stereocenters. The number of H-pyrrole nitrogens is 1. The molecular weight excluding hydrogens is 466 g/mol. The lowest BCUT2D eigenvalue weighted by molar-refractivity contribution is -0.143. The van der Waals surface area contributed by atoms with Crippen molar-refractivity contribution in [1.82, 2.24) is 20.9 Å². The molecule has 12 nitrogen and oxygen atoms in total. The summed E-state index contributed by atoms with van der Waals surface area (Å²) in [4.78, 5) is 63.0. The SMILES string of the molecule is CC(N)C(=O)NC(CC(=O)O)C(=O)NC(CS)C(=O)NC(Cc1c[nH]c2ccccc12)C(=O)O. The predicted octanol–water partition coefficient (Wildman–Crippen LogP) is -0.999. The van der Waals surface area contributed by atoms with Gasteiger partial charge in [0.15, 0.2) is 0 Å². The quantitative estimate of drug-likeness (QED) is 0.172. The number of para-hydroxylation sites is 1. The number of aromatic amines is 1. The third-order valence-electron chi connectivity index (χ3n) is 4.95. The molecule has 0 bridgehead atoms. The van der Waals surface area contributed by atoms with Crippen LogP contribution in [0.4, 0.5) is 0 Å². The van der Waals surface area contributed by atoms with Crippen LogP contribution in [-0.2, 0) is 30.4 Å². The number of nitrogens with one attached hydrogen (secondary N) is 4. The second-order valence-electron chi connectivity index (χ2n) is 7.65. The molecule has 8 N–H and O–H groups in total. The Morgan fingerprint density at radius 3 is 2.15 bits per heavy atom. The molecule has 2 aromatic rings. The summed E-state index contributed by atoms with van der Waals surface area (Å²) in [7, 11) is 0. The summed E-state index contributed by atoms with van der Waals surface area (Å²) in [6.07, 6.45) is 0.885. The highest BCUT2D eigenvalue weighted by Gasteiger charge is 2.30. The number of fused-ring (bicyclic) bond motifs is 1. The van der Waals surface area contributed by atoms with E-state index >= 15 is 0 Å². The van der Waals surface area contributed by atoms with Crippen LogP contribution in [0.3, 0.4) is 0 Å². The fourth-order valence-corrected chi connectivity index (χ4v) is 3.40. The molecule has 3 amide bonds. The van der Waals surface area contributed by atoms with E-state index in [-0.39, 0.29) is 12.2 Å². The summed E-state index contributed by atoms with van der Waals surface area (Å²) >= 11 is 4.03. The molecule has 2 rings (SSSR count). The number of carbonyl (C=O) groups excluding carboxylic acids is 3. The summed E-state index contributed by atoms with van der Waals surface area (Å²) in [5, 5.41) is 26.3.